The highest BCUT2D eigenvalue weighted by atomic mass is 16.5. The molecule has 0 fully saturated rings. The van der Waals surface area contributed by atoms with Gasteiger partial charge in [-0.1, -0.05) is 0 Å². The number of ether oxygens (including phenoxy) is 2. The number of rotatable bonds is 10. The van der Waals surface area contributed by atoms with Crippen molar-refractivity contribution in [2.75, 3.05) is 54.1 Å². The van der Waals surface area contributed by atoms with Crippen LogP contribution in [0.4, 0.5) is 0 Å². The van der Waals surface area contributed by atoms with Crippen molar-refractivity contribution < 1.29 is 14.3 Å². The van der Waals surface area contributed by atoms with Gasteiger partial charge in [0, 0.05) is 47.5 Å². The van der Waals surface area contributed by atoms with E-state index >= 15 is 0 Å². The highest BCUT2D eigenvalue weighted by Crippen LogP contribution is 2.04. The molecule has 2 N–H and O–H groups in total. The second kappa shape index (κ2) is 11.3. The summed E-state index contributed by atoms with van der Waals surface area (Å²) in [7, 11) is 5.10. The molecule has 0 saturated heterocycles. The molecular weight excluding hydrogens is 284 g/mol. The average molecular weight is 316 g/mol. The van der Waals surface area contributed by atoms with Crippen LogP contribution in [0.3, 0.4) is 0 Å². The van der Waals surface area contributed by atoms with E-state index in [-0.39, 0.29) is 18.1 Å². The maximum Gasteiger partial charge on any atom is 0.243 e. The Labute approximate surface area is 134 Å². The quantitative estimate of drug-likeness (QED) is 0.348. The third-order valence-electron chi connectivity index (χ3n) is 3.07. The first-order chi connectivity index (χ1) is 10.3. The number of methoxy groups -OCH3 is 1. The smallest absolute Gasteiger partial charge is 0.243 e. The van der Waals surface area contributed by atoms with Gasteiger partial charge in [0.2, 0.25) is 5.91 Å². The van der Waals surface area contributed by atoms with Crippen LogP contribution in [-0.2, 0) is 14.3 Å². The zero-order valence-electron chi connectivity index (χ0n) is 14.9. The molecule has 130 valence electrons. The lowest BCUT2D eigenvalue weighted by molar-refractivity contribution is -0.127. The topological polar surface area (TPSA) is 75.2 Å². The van der Waals surface area contributed by atoms with E-state index < -0.39 is 0 Å². The summed E-state index contributed by atoms with van der Waals surface area (Å²) >= 11 is 0. The highest BCUT2D eigenvalue weighted by molar-refractivity contribution is 5.84. The molecule has 0 saturated carbocycles. The summed E-state index contributed by atoms with van der Waals surface area (Å²) in [6.45, 7) is 8.81. The van der Waals surface area contributed by atoms with Crippen LogP contribution < -0.4 is 10.6 Å². The van der Waals surface area contributed by atoms with Crippen LogP contribution in [0.15, 0.2) is 4.99 Å². The normalized spacial score (nSPS) is 12.2. The van der Waals surface area contributed by atoms with Gasteiger partial charge in [0.05, 0.1) is 5.60 Å². The van der Waals surface area contributed by atoms with Crippen molar-refractivity contribution in [1.82, 2.24) is 15.5 Å². The number of carbonyl (C=O) groups is 1. The molecule has 0 bridgehead atoms. The predicted molar refractivity (Wildman–Crippen MR) is 89.2 cm³/mol. The zero-order chi connectivity index (χ0) is 17.0. The summed E-state index contributed by atoms with van der Waals surface area (Å²) < 4.78 is 10.7. The Balaban J connectivity index is 4.42. The molecule has 0 unspecified atom stereocenters. The molecule has 0 spiro atoms. The van der Waals surface area contributed by atoms with E-state index in [0.717, 1.165) is 19.6 Å². The summed E-state index contributed by atoms with van der Waals surface area (Å²) in [6.07, 6.45) is 0.879. The van der Waals surface area contributed by atoms with E-state index in [1.165, 1.54) is 4.90 Å². The molecule has 7 nitrogen and oxygen atoms in total. The molecule has 0 aromatic carbocycles. The highest BCUT2D eigenvalue weighted by Gasteiger charge is 2.16. The van der Waals surface area contributed by atoms with Crippen molar-refractivity contribution in [3.63, 3.8) is 0 Å². The van der Waals surface area contributed by atoms with Crippen LogP contribution in [0.25, 0.3) is 0 Å². The lowest BCUT2D eigenvalue weighted by Gasteiger charge is -2.24. The fraction of sp³-hybridized carbons (Fsp3) is 0.867. The first-order valence-corrected chi connectivity index (χ1v) is 7.67. The minimum absolute atomic E-state index is 0.0404. The first-order valence-electron chi connectivity index (χ1n) is 7.67. The van der Waals surface area contributed by atoms with Crippen molar-refractivity contribution in [3.05, 3.63) is 0 Å². The van der Waals surface area contributed by atoms with E-state index in [9.17, 15) is 4.79 Å². The number of nitrogens with one attached hydrogen (secondary N) is 2. The Hall–Kier alpha value is -1.34. The Morgan fingerprint density at radius 2 is 1.95 bits per heavy atom. The van der Waals surface area contributed by atoms with Crippen molar-refractivity contribution >= 4 is 11.9 Å². The minimum atomic E-state index is -0.306. The second-order valence-corrected chi connectivity index (χ2v) is 5.75. The summed E-state index contributed by atoms with van der Waals surface area (Å²) in [5, 5.41) is 6.40. The monoisotopic (exact) mass is 316 g/mol. The van der Waals surface area contributed by atoms with E-state index in [1.54, 1.807) is 21.2 Å². The van der Waals surface area contributed by atoms with Crippen LogP contribution >= 0.6 is 0 Å². The molecule has 0 aromatic heterocycles. The zero-order valence-corrected chi connectivity index (χ0v) is 14.9. The number of amides is 1. The van der Waals surface area contributed by atoms with Gasteiger partial charge in [-0.25, -0.2) is 4.99 Å². The number of hydrogen-bond donors (Lipinski definition) is 2. The number of nitrogens with zero attached hydrogens (tertiary/aromatic N) is 2. The van der Waals surface area contributed by atoms with E-state index in [2.05, 4.69) is 15.6 Å². The van der Waals surface area contributed by atoms with E-state index in [4.69, 9.17) is 9.47 Å². The van der Waals surface area contributed by atoms with Gasteiger partial charge in [0.25, 0.3) is 0 Å². The summed E-state index contributed by atoms with van der Waals surface area (Å²) in [6, 6.07) is 0. The number of hydrogen-bond acceptors (Lipinski definition) is 4. The van der Waals surface area contributed by atoms with Gasteiger partial charge in [-0.2, -0.15) is 0 Å². The van der Waals surface area contributed by atoms with E-state index in [1.807, 2.05) is 20.8 Å². The fourth-order valence-electron chi connectivity index (χ4n) is 1.36. The van der Waals surface area contributed by atoms with Gasteiger partial charge in [-0.05, 0) is 27.2 Å². The molecule has 1 amide bonds. The van der Waals surface area contributed by atoms with Crippen LogP contribution in [0.1, 0.15) is 27.2 Å². The standard InChI is InChI=1S/C15H32N4O3/c1-7-22-10-8-9-16-14(17-11-13(20)19(4)5)18-12-15(2,3)21-6/h7-12H2,1-6H3,(H2,16,17,18). The molecule has 22 heavy (non-hydrogen) atoms. The SMILES string of the molecule is CCOCCCNC(=NCC(=O)N(C)C)NCC(C)(C)OC. The van der Waals surface area contributed by atoms with Crippen molar-refractivity contribution in [3.8, 4) is 0 Å². The third-order valence-corrected chi connectivity index (χ3v) is 3.07. The fourth-order valence-corrected chi connectivity index (χ4v) is 1.36. The molecule has 0 aliphatic rings. The first kappa shape index (κ1) is 20.7. The molecule has 0 atom stereocenters. The Morgan fingerprint density at radius 1 is 1.27 bits per heavy atom. The van der Waals surface area contributed by atoms with Crippen LogP contribution in [0.5, 0.6) is 0 Å². The van der Waals surface area contributed by atoms with E-state index in [0.29, 0.717) is 19.1 Å². The van der Waals surface area contributed by atoms with Crippen LogP contribution in [0, 0.1) is 0 Å². The average Bonchev–Trinajstić information content (AvgIpc) is 2.48. The third kappa shape index (κ3) is 10.4. The maximum atomic E-state index is 11.6. The van der Waals surface area contributed by atoms with Gasteiger partial charge >= 0.3 is 0 Å². The molecule has 0 radical (unpaired) electrons. The van der Waals surface area contributed by atoms with Crippen LogP contribution in [-0.4, -0.2) is 76.4 Å². The lowest BCUT2D eigenvalue weighted by atomic mass is 10.1. The Bertz CT molecular complexity index is 344. The van der Waals surface area contributed by atoms with Gasteiger partial charge in [0.1, 0.15) is 6.54 Å². The van der Waals surface area contributed by atoms with Gasteiger partial charge in [-0.3, -0.25) is 4.79 Å². The molecule has 0 rings (SSSR count). The summed E-state index contributed by atoms with van der Waals surface area (Å²) in [4.78, 5) is 17.5. The molecule has 0 aliphatic carbocycles. The van der Waals surface area contributed by atoms with Gasteiger partial charge in [-0.15, -0.1) is 0 Å². The minimum Gasteiger partial charge on any atom is -0.382 e. The van der Waals surface area contributed by atoms with Gasteiger partial charge < -0.3 is 25.0 Å². The predicted octanol–water partition coefficient (Wildman–Crippen LogP) is 0.461. The molecule has 0 aliphatic heterocycles. The number of likely N-dealkylation sites (N-methyl/N-ethyl adjacent to an activating group) is 1. The molecule has 0 aromatic rings. The Kier molecular flexibility index (Phi) is 10.6. The summed E-state index contributed by atoms with van der Waals surface area (Å²) in [5.41, 5.74) is -0.306. The Morgan fingerprint density at radius 3 is 2.50 bits per heavy atom. The molecule has 7 heteroatoms. The van der Waals surface area contributed by atoms with Crippen molar-refractivity contribution in [1.29, 1.82) is 0 Å². The van der Waals surface area contributed by atoms with Crippen molar-refractivity contribution in [2.45, 2.75) is 32.8 Å². The number of guanidine groups is 1. The van der Waals surface area contributed by atoms with Crippen LogP contribution in [0.2, 0.25) is 0 Å². The van der Waals surface area contributed by atoms with Gasteiger partial charge in [0.15, 0.2) is 5.96 Å². The van der Waals surface area contributed by atoms with Crippen molar-refractivity contribution in [2.24, 2.45) is 4.99 Å². The lowest BCUT2D eigenvalue weighted by Crippen LogP contribution is -2.46. The number of aliphatic imine (C=N–C) groups is 1. The maximum absolute atomic E-state index is 11.6. The molecule has 0 heterocycles. The largest absolute Gasteiger partial charge is 0.382 e. The number of carbonyl (C=O) groups excluding carboxylic acids is 1. The second-order valence-electron chi connectivity index (χ2n) is 5.75. The summed E-state index contributed by atoms with van der Waals surface area (Å²) in [5.74, 6) is 0.568. The molecular formula is C15H32N4O3.